The third kappa shape index (κ3) is 4.42. The largest absolute Gasteiger partial charge is 0.135 e. The molecular weight excluding hydrogens is 689 g/mol. The summed E-state index contributed by atoms with van der Waals surface area (Å²) >= 11 is 3.85. The van der Waals surface area contributed by atoms with E-state index in [1.54, 1.807) is 0 Å². The Labute approximate surface area is 319 Å². The van der Waals surface area contributed by atoms with Crippen molar-refractivity contribution in [3.05, 3.63) is 182 Å². The highest BCUT2D eigenvalue weighted by Crippen LogP contribution is 2.48. The van der Waals surface area contributed by atoms with Crippen molar-refractivity contribution in [3.8, 4) is 33.4 Å². The first-order valence-electron chi connectivity index (χ1n) is 18.5. The van der Waals surface area contributed by atoms with Gasteiger partial charge in [-0.2, -0.15) is 0 Å². The monoisotopic (exact) mass is 718 g/mol. The summed E-state index contributed by atoms with van der Waals surface area (Å²) in [7, 11) is 0. The van der Waals surface area contributed by atoms with Crippen LogP contribution in [-0.2, 0) is 0 Å². The second-order valence-corrected chi connectivity index (χ2v) is 16.5. The molecule has 2 heteroatoms. The van der Waals surface area contributed by atoms with E-state index in [4.69, 9.17) is 0 Å². The molecule has 0 radical (unpaired) electrons. The van der Waals surface area contributed by atoms with Gasteiger partial charge in [-0.25, -0.2) is 0 Å². The van der Waals surface area contributed by atoms with Crippen molar-refractivity contribution >= 4 is 106 Å². The van der Waals surface area contributed by atoms with Gasteiger partial charge in [0.25, 0.3) is 0 Å². The molecule has 0 spiro atoms. The quantitative estimate of drug-likeness (QED) is 0.160. The van der Waals surface area contributed by atoms with Crippen LogP contribution in [0.4, 0.5) is 0 Å². The molecule has 12 aromatic rings. The van der Waals surface area contributed by atoms with Gasteiger partial charge in [0.05, 0.1) is 0 Å². The molecule has 0 atom stereocenters. The second kappa shape index (κ2) is 11.6. The fraction of sp³-hybridized carbons (Fsp3) is 0. The Morgan fingerprint density at radius 1 is 0.259 bits per heavy atom. The minimum atomic E-state index is 1.23. The zero-order chi connectivity index (χ0) is 35.3. The molecule has 10 aromatic carbocycles. The second-order valence-electron chi connectivity index (χ2n) is 14.4. The molecule has 0 bridgehead atoms. The third-order valence-electron chi connectivity index (χ3n) is 11.4. The number of hydrogen-bond donors (Lipinski definition) is 0. The molecule has 0 N–H and O–H groups in total. The van der Waals surface area contributed by atoms with Crippen LogP contribution < -0.4 is 0 Å². The van der Waals surface area contributed by atoms with Crippen LogP contribution >= 0.6 is 22.7 Å². The van der Waals surface area contributed by atoms with E-state index in [1.165, 1.54) is 117 Å². The molecule has 54 heavy (non-hydrogen) atoms. The molecule has 0 nitrogen and oxygen atoms in total. The van der Waals surface area contributed by atoms with Gasteiger partial charge in [-0.1, -0.05) is 158 Å². The summed E-state index contributed by atoms with van der Waals surface area (Å²) in [6, 6.07) is 67.7. The van der Waals surface area contributed by atoms with Crippen LogP contribution in [0.25, 0.3) is 117 Å². The summed E-state index contributed by atoms with van der Waals surface area (Å²) in [6.07, 6.45) is 0. The Bertz CT molecular complexity index is 3430. The molecule has 0 saturated carbocycles. The van der Waals surface area contributed by atoms with Gasteiger partial charge < -0.3 is 0 Å². The Hall–Kier alpha value is -6.32. The van der Waals surface area contributed by atoms with Crippen LogP contribution in [0.3, 0.4) is 0 Å². The third-order valence-corrected chi connectivity index (χ3v) is 13.8. The number of thiophene rings is 2. The van der Waals surface area contributed by atoms with E-state index in [2.05, 4.69) is 182 Å². The SMILES string of the molecule is c1ccc2cc(-c3c4ccccc4c(-c4ccc(-c5ccc6sc7ccc8c9ccc%10ccccc%10c9sc8c7c6c5)cc4)c4ccccc34)ccc2c1. The zero-order valence-electron chi connectivity index (χ0n) is 29.1. The summed E-state index contributed by atoms with van der Waals surface area (Å²) in [6.45, 7) is 0. The van der Waals surface area contributed by atoms with Gasteiger partial charge in [0, 0.05) is 40.3 Å². The first kappa shape index (κ1) is 30.2. The Morgan fingerprint density at radius 3 is 1.52 bits per heavy atom. The summed E-state index contributed by atoms with van der Waals surface area (Å²) in [5.74, 6) is 0. The van der Waals surface area contributed by atoms with Crippen LogP contribution in [0, 0.1) is 0 Å². The Balaban J connectivity index is 1.01. The molecule has 0 fully saturated rings. The van der Waals surface area contributed by atoms with Crippen LogP contribution in [0.2, 0.25) is 0 Å². The predicted octanol–water partition coefficient (Wildman–Crippen LogP) is 16.0. The van der Waals surface area contributed by atoms with Crippen molar-refractivity contribution < 1.29 is 0 Å². The maximum Gasteiger partial charge on any atom is 0.0448 e. The highest BCUT2D eigenvalue weighted by molar-refractivity contribution is 7.30. The smallest absolute Gasteiger partial charge is 0.0448 e. The molecule has 0 unspecified atom stereocenters. The van der Waals surface area contributed by atoms with Gasteiger partial charge in [0.2, 0.25) is 0 Å². The van der Waals surface area contributed by atoms with Gasteiger partial charge in [0.1, 0.15) is 0 Å². The highest BCUT2D eigenvalue weighted by atomic mass is 32.1. The maximum atomic E-state index is 2.42. The molecule has 250 valence electrons. The van der Waals surface area contributed by atoms with E-state index in [-0.39, 0.29) is 0 Å². The van der Waals surface area contributed by atoms with Crippen LogP contribution in [0.5, 0.6) is 0 Å². The van der Waals surface area contributed by atoms with Crippen molar-refractivity contribution in [1.82, 2.24) is 0 Å². The standard InChI is InChI=1S/C52H30S2/c1-2-11-35-29-37(22-19-31(35)9-1)49-41-15-7-5-13-39(41)48(40-14-6-8-16-42(40)49)34-20-17-32(18-21-34)36-24-27-46-45(30-36)50-47(53-46)28-26-44-43-25-23-33-10-3-4-12-38(33)51(43)54-52(44)50/h1-30H. The highest BCUT2D eigenvalue weighted by Gasteiger charge is 2.18. The number of benzene rings is 10. The molecular formula is C52H30S2. The van der Waals surface area contributed by atoms with E-state index in [1.807, 2.05) is 22.7 Å². The van der Waals surface area contributed by atoms with E-state index in [0.717, 1.165) is 0 Å². The number of rotatable bonds is 3. The average molecular weight is 719 g/mol. The van der Waals surface area contributed by atoms with Crippen LogP contribution in [0.1, 0.15) is 0 Å². The van der Waals surface area contributed by atoms with Crippen molar-refractivity contribution in [2.24, 2.45) is 0 Å². The lowest BCUT2D eigenvalue weighted by Gasteiger charge is -2.18. The first-order chi connectivity index (χ1) is 26.8. The predicted molar refractivity (Wildman–Crippen MR) is 239 cm³/mol. The summed E-state index contributed by atoms with van der Waals surface area (Å²) in [5.41, 5.74) is 7.55. The fourth-order valence-corrected chi connectivity index (χ4v) is 11.5. The number of fused-ring (bicyclic) bond motifs is 12. The maximum absolute atomic E-state index is 2.42. The van der Waals surface area contributed by atoms with E-state index in [0.29, 0.717) is 0 Å². The van der Waals surface area contributed by atoms with Gasteiger partial charge in [-0.15, -0.1) is 22.7 Å². The molecule has 12 rings (SSSR count). The molecule has 0 aliphatic carbocycles. The zero-order valence-corrected chi connectivity index (χ0v) is 30.8. The van der Waals surface area contributed by atoms with E-state index < -0.39 is 0 Å². The van der Waals surface area contributed by atoms with E-state index in [9.17, 15) is 0 Å². The van der Waals surface area contributed by atoms with Gasteiger partial charge in [-0.3, -0.25) is 0 Å². The summed E-state index contributed by atoms with van der Waals surface area (Å²) in [4.78, 5) is 0. The topological polar surface area (TPSA) is 0 Å². The number of hydrogen-bond acceptors (Lipinski definition) is 2. The van der Waals surface area contributed by atoms with Crippen molar-refractivity contribution in [3.63, 3.8) is 0 Å². The molecule has 0 saturated heterocycles. The van der Waals surface area contributed by atoms with Gasteiger partial charge >= 0.3 is 0 Å². The van der Waals surface area contributed by atoms with Gasteiger partial charge in [0.15, 0.2) is 0 Å². The lowest BCUT2D eigenvalue weighted by Crippen LogP contribution is -1.91. The minimum Gasteiger partial charge on any atom is -0.135 e. The summed E-state index contributed by atoms with van der Waals surface area (Å²) < 4.78 is 5.46. The minimum absolute atomic E-state index is 1.23. The Morgan fingerprint density at radius 2 is 0.778 bits per heavy atom. The normalized spacial score (nSPS) is 12.1. The van der Waals surface area contributed by atoms with E-state index >= 15 is 0 Å². The van der Waals surface area contributed by atoms with Crippen LogP contribution in [-0.4, -0.2) is 0 Å². The lowest BCUT2D eigenvalue weighted by molar-refractivity contribution is 1.63. The molecule has 2 heterocycles. The Kier molecular flexibility index (Phi) is 6.48. The lowest BCUT2D eigenvalue weighted by atomic mass is 9.85. The van der Waals surface area contributed by atoms with Crippen molar-refractivity contribution in [2.75, 3.05) is 0 Å². The fourth-order valence-electron chi connectivity index (χ4n) is 8.93. The first-order valence-corrected chi connectivity index (χ1v) is 20.1. The van der Waals surface area contributed by atoms with Gasteiger partial charge in [-0.05, 0) is 101 Å². The summed E-state index contributed by atoms with van der Waals surface area (Å²) in [5, 5.41) is 15.7. The van der Waals surface area contributed by atoms with Crippen molar-refractivity contribution in [2.45, 2.75) is 0 Å². The molecule has 0 aliphatic heterocycles. The molecule has 0 aliphatic rings. The molecule has 2 aromatic heterocycles. The molecule has 0 amide bonds. The van der Waals surface area contributed by atoms with Crippen LogP contribution in [0.15, 0.2) is 182 Å². The average Bonchev–Trinajstić information content (AvgIpc) is 3.81. The van der Waals surface area contributed by atoms with Crippen molar-refractivity contribution in [1.29, 1.82) is 0 Å².